The Morgan fingerprint density at radius 3 is 2.86 bits per heavy atom. The number of amides is 1. The summed E-state index contributed by atoms with van der Waals surface area (Å²) < 4.78 is 36.7. The van der Waals surface area contributed by atoms with Gasteiger partial charge >= 0.3 is 0 Å². The summed E-state index contributed by atoms with van der Waals surface area (Å²) in [6.07, 6.45) is 3.22. The van der Waals surface area contributed by atoms with Gasteiger partial charge in [-0.2, -0.15) is 4.39 Å². The lowest BCUT2D eigenvalue weighted by molar-refractivity contribution is 0.0787. The lowest BCUT2D eigenvalue weighted by atomic mass is 10.3. The molecule has 0 aliphatic carbocycles. The van der Waals surface area contributed by atoms with E-state index in [2.05, 4.69) is 4.98 Å². The van der Waals surface area contributed by atoms with Crippen molar-refractivity contribution in [2.24, 2.45) is 0 Å². The van der Waals surface area contributed by atoms with Crippen LogP contribution in [0.5, 0.6) is 5.75 Å². The van der Waals surface area contributed by atoms with Crippen LogP contribution < -0.4 is 4.74 Å². The first kappa shape index (κ1) is 14.5. The van der Waals surface area contributed by atoms with Crippen LogP contribution in [0.25, 0.3) is 0 Å². The summed E-state index contributed by atoms with van der Waals surface area (Å²) in [4.78, 5) is 17.8. The first-order valence-electron chi connectivity index (χ1n) is 6.95. The predicted molar refractivity (Wildman–Crippen MR) is 72.3 cm³/mol. The molecule has 116 valence electrons. The SMILES string of the molecule is O=C(c1coc(COc2cccc(F)c2F)n1)N1CCCC1. The van der Waals surface area contributed by atoms with Gasteiger partial charge in [-0.1, -0.05) is 6.07 Å². The molecule has 3 rings (SSSR count). The van der Waals surface area contributed by atoms with Crippen LogP contribution in [-0.2, 0) is 6.61 Å². The Morgan fingerprint density at radius 2 is 2.09 bits per heavy atom. The number of likely N-dealkylation sites (tertiary alicyclic amines) is 1. The quantitative estimate of drug-likeness (QED) is 0.871. The number of carbonyl (C=O) groups excluding carboxylic acids is 1. The van der Waals surface area contributed by atoms with Crippen molar-refractivity contribution in [1.82, 2.24) is 9.88 Å². The maximum absolute atomic E-state index is 13.4. The molecule has 2 heterocycles. The summed E-state index contributed by atoms with van der Waals surface area (Å²) in [5.41, 5.74) is 0.195. The molecule has 1 aromatic carbocycles. The summed E-state index contributed by atoms with van der Waals surface area (Å²) in [5, 5.41) is 0. The van der Waals surface area contributed by atoms with Crippen LogP contribution in [-0.4, -0.2) is 28.9 Å². The van der Waals surface area contributed by atoms with E-state index >= 15 is 0 Å². The van der Waals surface area contributed by atoms with Crippen molar-refractivity contribution in [1.29, 1.82) is 0 Å². The molecule has 1 amide bonds. The molecule has 0 radical (unpaired) electrons. The number of hydrogen-bond acceptors (Lipinski definition) is 4. The fourth-order valence-corrected chi connectivity index (χ4v) is 2.29. The van der Waals surface area contributed by atoms with Gasteiger partial charge in [0.05, 0.1) is 0 Å². The summed E-state index contributed by atoms with van der Waals surface area (Å²) >= 11 is 0. The van der Waals surface area contributed by atoms with Crippen molar-refractivity contribution in [3.05, 3.63) is 47.7 Å². The minimum absolute atomic E-state index is 0.131. The molecule has 1 saturated heterocycles. The molecule has 0 saturated carbocycles. The van der Waals surface area contributed by atoms with Gasteiger partial charge in [0.25, 0.3) is 5.91 Å². The van der Waals surface area contributed by atoms with E-state index in [-0.39, 0.29) is 29.8 Å². The molecule has 0 atom stereocenters. The zero-order chi connectivity index (χ0) is 15.5. The standard InChI is InChI=1S/C15H14F2N2O3/c16-10-4-3-5-12(14(10)17)21-9-13-18-11(8-22-13)15(20)19-6-1-2-7-19/h3-5,8H,1-2,6-7,9H2. The van der Waals surface area contributed by atoms with Crippen LogP contribution in [0.15, 0.2) is 28.9 Å². The zero-order valence-corrected chi connectivity index (χ0v) is 11.7. The maximum Gasteiger partial charge on any atom is 0.275 e. The zero-order valence-electron chi connectivity index (χ0n) is 11.7. The van der Waals surface area contributed by atoms with Crippen molar-refractivity contribution < 1.29 is 22.7 Å². The summed E-state index contributed by atoms with van der Waals surface area (Å²) in [6.45, 7) is 1.24. The highest BCUT2D eigenvalue weighted by molar-refractivity contribution is 5.92. The van der Waals surface area contributed by atoms with Crippen LogP contribution in [0.2, 0.25) is 0 Å². The third kappa shape index (κ3) is 2.93. The molecule has 2 aromatic rings. The van der Waals surface area contributed by atoms with Crippen LogP contribution >= 0.6 is 0 Å². The number of aromatic nitrogens is 1. The number of hydrogen-bond donors (Lipinski definition) is 0. The number of ether oxygens (including phenoxy) is 1. The largest absolute Gasteiger partial charge is 0.481 e. The van der Waals surface area contributed by atoms with E-state index in [9.17, 15) is 13.6 Å². The second-order valence-corrected chi connectivity index (χ2v) is 4.97. The molecule has 0 N–H and O–H groups in total. The van der Waals surface area contributed by atoms with Crippen LogP contribution in [0, 0.1) is 11.6 Å². The molecular weight excluding hydrogens is 294 g/mol. The molecule has 5 nitrogen and oxygen atoms in total. The molecule has 1 aromatic heterocycles. The predicted octanol–water partition coefficient (Wildman–Crippen LogP) is 2.77. The van der Waals surface area contributed by atoms with Crippen molar-refractivity contribution in [2.45, 2.75) is 19.4 Å². The number of oxazole rings is 1. The minimum atomic E-state index is -1.07. The topological polar surface area (TPSA) is 55.6 Å². The van der Waals surface area contributed by atoms with Gasteiger partial charge in [0.15, 0.2) is 23.9 Å². The van der Waals surface area contributed by atoms with Gasteiger partial charge in [0.2, 0.25) is 11.7 Å². The Morgan fingerprint density at radius 1 is 1.32 bits per heavy atom. The number of halogens is 2. The molecule has 22 heavy (non-hydrogen) atoms. The van der Waals surface area contributed by atoms with Crippen LogP contribution in [0.3, 0.4) is 0 Å². The second-order valence-electron chi connectivity index (χ2n) is 4.97. The van der Waals surface area contributed by atoms with Gasteiger partial charge in [-0.05, 0) is 25.0 Å². The fourth-order valence-electron chi connectivity index (χ4n) is 2.29. The summed E-state index contributed by atoms with van der Waals surface area (Å²) in [7, 11) is 0. The average molecular weight is 308 g/mol. The molecular formula is C15H14F2N2O3. The molecule has 7 heteroatoms. The smallest absolute Gasteiger partial charge is 0.275 e. The van der Waals surface area contributed by atoms with E-state index in [0.29, 0.717) is 13.1 Å². The van der Waals surface area contributed by atoms with Gasteiger partial charge in [-0.3, -0.25) is 4.79 Å². The van der Waals surface area contributed by atoms with Crippen molar-refractivity contribution in [3.63, 3.8) is 0 Å². The van der Waals surface area contributed by atoms with E-state index in [0.717, 1.165) is 18.9 Å². The van der Waals surface area contributed by atoms with E-state index < -0.39 is 11.6 Å². The highest BCUT2D eigenvalue weighted by Crippen LogP contribution is 2.20. The molecule has 1 fully saturated rings. The van der Waals surface area contributed by atoms with Crippen LogP contribution in [0.4, 0.5) is 8.78 Å². The van der Waals surface area contributed by atoms with E-state index in [1.807, 2.05) is 0 Å². The molecule has 1 aliphatic heterocycles. The number of benzene rings is 1. The Hall–Kier alpha value is -2.44. The van der Waals surface area contributed by atoms with Gasteiger partial charge in [0.1, 0.15) is 6.26 Å². The summed E-state index contributed by atoms with van der Waals surface area (Å²) in [5.74, 6) is -2.35. The van der Waals surface area contributed by atoms with Gasteiger partial charge in [-0.25, -0.2) is 9.37 Å². The molecule has 0 spiro atoms. The van der Waals surface area contributed by atoms with E-state index in [4.69, 9.17) is 9.15 Å². The lowest BCUT2D eigenvalue weighted by Crippen LogP contribution is -2.27. The third-order valence-electron chi connectivity index (χ3n) is 3.43. The Balaban J connectivity index is 1.64. The minimum Gasteiger partial charge on any atom is -0.481 e. The number of rotatable bonds is 4. The highest BCUT2D eigenvalue weighted by atomic mass is 19.2. The van der Waals surface area contributed by atoms with Gasteiger partial charge in [-0.15, -0.1) is 0 Å². The lowest BCUT2D eigenvalue weighted by Gasteiger charge is -2.12. The van der Waals surface area contributed by atoms with Gasteiger partial charge < -0.3 is 14.1 Å². The highest BCUT2D eigenvalue weighted by Gasteiger charge is 2.22. The normalized spacial score (nSPS) is 14.4. The van der Waals surface area contributed by atoms with Crippen molar-refractivity contribution in [3.8, 4) is 5.75 Å². The monoisotopic (exact) mass is 308 g/mol. The first-order chi connectivity index (χ1) is 10.6. The number of nitrogens with zero attached hydrogens (tertiary/aromatic N) is 2. The molecule has 0 bridgehead atoms. The fraction of sp³-hybridized carbons (Fsp3) is 0.333. The van der Waals surface area contributed by atoms with Crippen molar-refractivity contribution in [2.75, 3.05) is 13.1 Å². The second kappa shape index (κ2) is 6.13. The molecule has 1 aliphatic rings. The van der Waals surface area contributed by atoms with E-state index in [1.54, 1.807) is 4.90 Å². The average Bonchev–Trinajstić information content (AvgIpc) is 3.19. The number of carbonyl (C=O) groups is 1. The third-order valence-corrected chi connectivity index (χ3v) is 3.43. The Labute approximate surface area is 125 Å². The first-order valence-corrected chi connectivity index (χ1v) is 6.95. The Kier molecular flexibility index (Phi) is 4.04. The van der Waals surface area contributed by atoms with E-state index in [1.165, 1.54) is 18.4 Å². The molecule has 0 unspecified atom stereocenters. The van der Waals surface area contributed by atoms with Crippen molar-refractivity contribution >= 4 is 5.91 Å². The van der Waals surface area contributed by atoms with Crippen LogP contribution in [0.1, 0.15) is 29.2 Å². The Bertz CT molecular complexity index is 681. The maximum atomic E-state index is 13.4. The summed E-state index contributed by atoms with van der Waals surface area (Å²) in [6, 6.07) is 3.64. The van der Waals surface area contributed by atoms with Gasteiger partial charge in [0, 0.05) is 13.1 Å².